The molecule has 0 fully saturated rings. The second-order valence-electron chi connectivity index (χ2n) is 8.24. The van der Waals surface area contributed by atoms with Crippen LogP contribution in [0.15, 0.2) is 76.3 Å². The van der Waals surface area contributed by atoms with E-state index in [1.165, 1.54) is 16.8 Å². The molecule has 0 bridgehead atoms. The van der Waals surface area contributed by atoms with Crippen molar-refractivity contribution in [2.75, 3.05) is 6.61 Å². The number of benzene rings is 2. The van der Waals surface area contributed by atoms with Gasteiger partial charge in [0, 0.05) is 17.8 Å². The number of para-hydroxylation sites is 2. The van der Waals surface area contributed by atoms with Gasteiger partial charge in [0.1, 0.15) is 10.8 Å². The second kappa shape index (κ2) is 9.38. The number of amides is 1. The largest absolute Gasteiger partial charge is 0.492 e. The number of aliphatic imine (C=N–C) groups is 1. The fourth-order valence-electron chi connectivity index (χ4n) is 4.25. The molecule has 1 aromatic heterocycles. The molecule has 3 aromatic rings. The molecule has 0 radical (unpaired) electrons. The smallest absolute Gasteiger partial charge is 0.283 e. The van der Waals surface area contributed by atoms with Gasteiger partial charge in [-0.1, -0.05) is 42.5 Å². The molecule has 1 N–H and O–H groups in total. The van der Waals surface area contributed by atoms with Crippen LogP contribution in [-0.4, -0.2) is 38.1 Å². The Balaban J connectivity index is 1.47. The number of hydrazone groups is 1. The molecule has 2 aliphatic heterocycles. The van der Waals surface area contributed by atoms with Gasteiger partial charge in [-0.3, -0.25) is 10.2 Å². The van der Waals surface area contributed by atoms with Gasteiger partial charge in [-0.2, -0.15) is 15.1 Å². The van der Waals surface area contributed by atoms with Crippen molar-refractivity contribution < 1.29 is 9.53 Å². The molecule has 8 heteroatoms. The molecule has 35 heavy (non-hydrogen) atoms. The average Bonchev–Trinajstić information content (AvgIpc) is 3.37. The van der Waals surface area contributed by atoms with Crippen molar-refractivity contribution in [3.63, 3.8) is 0 Å². The second-order valence-corrected chi connectivity index (χ2v) is 9.28. The first-order valence-electron chi connectivity index (χ1n) is 11.4. The maximum Gasteiger partial charge on any atom is 0.283 e. The van der Waals surface area contributed by atoms with E-state index in [1.54, 1.807) is 6.08 Å². The van der Waals surface area contributed by atoms with Crippen molar-refractivity contribution in [3.05, 3.63) is 88.8 Å². The van der Waals surface area contributed by atoms with E-state index in [-0.39, 0.29) is 11.4 Å². The van der Waals surface area contributed by atoms with E-state index in [0.29, 0.717) is 18.2 Å². The molecule has 0 spiro atoms. The number of thioether (sulfide) groups is 1. The Bertz CT molecular complexity index is 1420. The van der Waals surface area contributed by atoms with E-state index in [0.717, 1.165) is 39.0 Å². The lowest BCUT2D eigenvalue weighted by atomic mass is 10.1. The van der Waals surface area contributed by atoms with E-state index in [9.17, 15) is 4.79 Å². The Morgan fingerprint density at radius 3 is 2.60 bits per heavy atom. The summed E-state index contributed by atoms with van der Waals surface area (Å²) in [6, 6.07) is 19.9. The number of ether oxygens (including phenoxy) is 1. The lowest BCUT2D eigenvalue weighted by molar-refractivity contribution is -0.114. The van der Waals surface area contributed by atoms with E-state index in [1.807, 2.05) is 81.4 Å². The van der Waals surface area contributed by atoms with E-state index >= 15 is 0 Å². The minimum Gasteiger partial charge on any atom is -0.492 e. The van der Waals surface area contributed by atoms with Crippen molar-refractivity contribution in [1.82, 2.24) is 9.58 Å². The normalized spacial score (nSPS) is 16.4. The molecule has 3 heterocycles. The summed E-state index contributed by atoms with van der Waals surface area (Å²) >= 11 is 1.34. The summed E-state index contributed by atoms with van der Waals surface area (Å²) in [5.74, 6) is 0.403. The van der Waals surface area contributed by atoms with Gasteiger partial charge in [0.15, 0.2) is 5.84 Å². The predicted molar refractivity (Wildman–Crippen MR) is 142 cm³/mol. The van der Waals surface area contributed by atoms with Crippen LogP contribution in [0.5, 0.6) is 5.75 Å². The molecule has 7 nitrogen and oxygen atoms in total. The van der Waals surface area contributed by atoms with Crippen molar-refractivity contribution in [2.45, 2.75) is 27.2 Å². The third-order valence-electron chi connectivity index (χ3n) is 5.87. The zero-order valence-electron chi connectivity index (χ0n) is 19.8. The summed E-state index contributed by atoms with van der Waals surface area (Å²) in [6.07, 6.45) is 2.37. The zero-order valence-corrected chi connectivity index (χ0v) is 20.6. The number of aromatic nitrogens is 1. The first-order valence-corrected chi connectivity index (χ1v) is 12.2. The first kappa shape index (κ1) is 22.9. The predicted octanol–water partition coefficient (Wildman–Crippen LogP) is 5.35. The Hall–Kier alpha value is -3.91. The summed E-state index contributed by atoms with van der Waals surface area (Å²) < 4.78 is 7.93. The summed E-state index contributed by atoms with van der Waals surface area (Å²) in [7, 11) is 0. The highest BCUT2D eigenvalue weighted by Crippen LogP contribution is 2.32. The van der Waals surface area contributed by atoms with Crippen molar-refractivity contribution in [1.29, 1.82) is 5.41 Å². The van der Waals surface area contributed by atoms with Gasteiger partial charge in [0.05, 0.1) is 17.9 Å². The van der Waals surface area contributed by atoms with Crippen LogP contribution in [0.1, 0.15) is 29.4 Å². The quantitative estimate of drug-likeness (QED) is 0.479. The molecule has 2 aromatic carbocycles. The molecular formula is C27H25N5O2S. The molecule has 2 aliphatic rings. The molecular weight excluding hydrogens is 458 g/mol. The van der Waals surface area contributed by atoms with Gasteiger partial charge >= 0.3 is 0 Å². The highest BCUT2D eigenvalue weighted by Gasteiger charge is 2.35. The first-order chi connectivity index (χ1) is 17.0. The Morgan fingerprint density at radius 1 is 1.09 bits per heavy atom. The number of hydrogen-bond acceptors (Lipinski definition) is 5. The van der Waals surface area contributed by atoms with Gasteiger partial charge in [-0.05, 0) is 67.9 Å². The molecule has 5 rings (SSSR count). The number of amidine groups is 2. The van der Waals surface area contributed by atoms with Gasteiger partial charge in [-0.15, -0.1) is 0 Å². The third-order valence-corrected chi connectivity index (χ3v) is 6.78. The van der Waals surface area contributed by atoms with Crippen LogP contribution in [0.2, 0.25) is 0 Å². The maximum absolute atomic E-state index is 12.9. The lowest BCUT2D eigenvalue weighted by Gasteiger charge is -2.20. The van der Waals surface area contributed by atoms with Crippen LogP contribution in [0, 0.1) is 19.3 Å². The van der Waals surface area contributed by atoms with Crippen LogP contribution in [0.4, 0.5) is 0 Å². The number of carbonyl (C=O) groups excluding carboxylic acids is 1. The van der Waals surface area contributed by atoms with Crippen molar-refractivity contribution in [2.24, 2.45) is 10.1 Å². The fourth-order valence-corrected chi connectivity index (χ4v) is 5.17. The third kappa shape index (κ3) is 4.33. The molecule has 0 unspecified atom stereocenters. The number of nitrogens with zero attached hydrogens (tertiary/aromatic N) is 4. The minimum atomic E-state index is -0.426. The van der Waals surface area contributed by atoms with Crippen LogP contribution >= 0.6 is 11.8 Å². The topological polar surface area (TPSA) is 83.0 Å². The van der Waals surface area contributed by atoms with E-state index < -0.39 is 5.91 Å². The molecule has 0 atom stereocenters. The Kier molecular flexibility index (Phi) is 6.13. The lowest BCUT2D eigenvalue weighted by Crippen LogP contribution is -2.35. The minimum absolute atomic E-state index is 0.0371. The summed E-state index contributed by atoms with van der Waals surface area (Å²) in [5, 5.41) is 16.0. The number of carbonyl (C=O) groups is 1. The van der Waals surface area contributed by atoms with E-state index in [2.05, 4.69) is 14.7 Å². The van der Waals surface area contributed by atoms with Crippen LogP contribution in [-0.2, 0) is 11.2 Å². The monoisotopic (exact) mass is 483 g/mol. The average molecular weight is 484 g/mol. The highest BCUT2D eigenvalue weighted by atomic mass is 32.2. The molecule has 0 aliphatic carbocycles. The van der Waals surface area contributed by atoms with Crippen molar-refractivity contribution in [3.8, 4) is 11.4 Å². The summed E-state index contributed by atoms with van der Waals surface area (Å²) in [5.41, 5.74) is 5.07. The van der Waals surface area contributed by atoms with Crippen LogP contribution < -0.4 is 4.74 Å². The molecule has 0 saturated heterocycles. The van der Waals surface area contributed by atoms with Crippen LogP contribution in [0.25, 0.3) is 11.8 Å². The Morgan fingerprint density at radius 2 is 1.83 bits per heavy atom. The molecule has 176 valence electrons. The van der Waals surface area contributed by atoms with Gasteiger partial charge in [0.25, 0.3) is 5.91 Å². The highest BCUT2D eigenvalue weighted by molar-refractivity contribution is 8.26. The summed E-state index contributed by atoms with van der Waals surface area (Å²) in [4.78, 5) is 17.2. The number of hydrogen-bond donors (Lipinski definition) is 1. The van der Waals surface area contributed by atoms with Gasteiger partial charge in [0.2, 0.25) is 5.17 Å². The molecule has 0 saturated carbocycles. The SMILES string of the molecule is CCOc1ccccc1-n1c(C)cc(/C=C2/C(=N)N3N=C(Cc4ccccc4)SC3=NC2=O)c1C. The summed E-state index contributed by atoms with van der Waals surface area (Å²) in [6.45, 7) is 6.54. The standard InChI is InChI=1S/C27H25N5O2S/c1-4-34-23-13-9-8-12-22(23)31-17(2)14-20(18(31)3)16-21-25(28)32-27(29-26(21)33)35-24(30-32)15-19-10-6-5-7-11-19/h5-14,16,28H,4,15H2,1-3H3/b21-16-,28-25?. The van der Waals surface area contributed by atoms with E-state index in [4.69, 9.17) is 10.1 Å². The number of rotatable bonds is 6. The number of fused-ring (bicyclic) bond motifs is 1. The zero-order chi connectivity index (χ0) is 24.5. The fraction of sp³-hybridized carbons (Fsp3) is 0.185. The number of nitrogens with one attached hydrogen (secondary N) is 1. The number of aryl methyl sites for hydroxylation is 1. The van der Waals surface area contributed by atoms with Gasteiger partial charge in [-0.25, -0.2) is 0 Å². The molecule has 1 amide bonds. The Labute approximate surface area is 208 Å². The van der Waals surface area contributed by atoms with Gasteiger partial charge < -0.3 is 9.30 Å². The maximum atomic E-state index is 12.9. The van der Waals surface area contributed by atoms with Crippen molar-refractivity contribution >= 4 is 39.8 Å². The van der Waals surface area contributed by atoms with Crippen LogP contribution in [0.3, 0.4) is 0 Å².